The minimum absolute atomic E-state index is 0.000387. The number of sulfone groups is 1. The van der Waals surface area contributed by atoms with E-state index in [-0.39, 0.29) is 59.1 Å². The van der Waals surface area contributed by atoms with E-state index in [1.165, 1.54) is 25.1 Å². The van der Waals surface area contributed by atoms with Crippen LogP contribution in [0.4, 0.5) is 14.5 Å². The second-order valence-electron chi connectivity index (χ2n) is 10.2. The van der Waals surface area contributed by atoms with Crippen molar-refractivity contribution in [2.45, 2.75) is 60.6 Å². The fraction of sp³-hybridized carbons (Fsp3) is 0.500. The molecule has 2 aliphatic carbocycles. The van der Waals surface area contributed by atoms with Crippen LogP contribution < -0.4 is 5.32 Å². The first-order valence-electron chi connectivity index (χ1n) is 12.3. The molecule has 2 aliphatic rings. The Balaban J connectivity index is 1.49. The van der Waals surface area contributed by atoms with Crippen molar-refractivity contribution in [1.29, 1.82) is 0 Å². The Morgan fingerprint density at radius 2 is 1.79 bits per heavy atom. The monoisotopic (exact) mass is 573 g/mol. The Bertz CT molecular complexity index is 1290. The van der Waals surface area contributed by atoms with Crippen molar-refractivity contribution in [3.8, 4) is 0 Å². The average molecular weight is 574 g/mol. The number of halogens is 3. The molecule has 208 valence electrons. The molecule has 0 aliphatic heterocycles. The van der Waals surface area contributed by atoms with Gasteiger partial charge < -0.3 is 25.4 Å². The van der Waals surface area contributed by atoms with Crippen LogP contribution in [0.3, 0.4) is 0 Å². The molecule has 2 saturated carbocycles. The van der Waals surface area contributed by atoms with E-state index in [2.05, 4.69) is 5.32 Å². The fourth-order valence-electron chi connectivity index (χ4n) is 5.40. The van der Waals surface area contributed by atoms with E-state index in [4.69, 9.17) is 16.3 Å². The summed E-state index contributed by atoms with van der Waals surface area (Å²) in [5, 5.41) is 32.0. The fourth-order valence-corrected chi connectivity index (χ4v) is 7.80. The zero-order valence-corrected chi connectivity index (χ0v) is 22.2. The molecule has 0 radical (unpaired) electrons. The number of hydrogen-bond donors (Lipinski definition) is 4. The quantitative estimate of drug-likeness (QED) is 0.362. The number of benzene rings is 2. The summed E-state index contributed by atoms with van der Waals surface area (Å²) in [5.74, 6) is -3.65. The molecule has 0 saturated heterocycles. The molecule has 4 atom stereocenters. The molecule has 2 aromatic rings. The molecule has 0 heterocycles. The van der Waals surface area contributed by atoms with Crippen molar-refractivity contribution < 1.29 is 42.0 Å². The molecule has 4 rings (SSSR count). The van der Waals surface area contributed by atoms with E-state index < -0.39 is 50.4 Å². The molecule has 2 aromatic carbocycles. The van der Waals surface area contributed by atoms with Crippen LogP contribution in [-0.2, 0) is 14.6 Å². The van der Waals surface area contributed by atoms with Gasteiger partial charge in [-0.05, 0) is 74.8 Å². The molecule has 0 aromatic heterocycles. The molecule has 38 heavy (non-hydrogen) atoms. The first-order valence-corrected chi connectivity index (χ1v) is 14.2. The van der Waals surface area contributed by atoms with E-state index >= 15 is 0 Å². The Kier molecular flexibility index (Phi) is 8.46. The van der Waals surface area contributed by atoms with Crippen molar-refractivity contribution in [3.63, 3.8) is 0 Å². The molecular weight excluding hydrogens is 544 g/mol. The van der Waals surface area contributed by atoms with Crippen LogP contribution in [0.15, 0.2) is 41.3 Å². The predicted octanol–water partition coefficient (Wildman–Crippen LogP) is 3.32. The van der Waals surface area contributed by atoms with E-state index in [1.54, 1.807) is 0 Å². The number of nitrogens with one attached hydrogen (secondary N) is 1. The van der Waals surface area contributed by atoms with Gasteiger partial charge in [0.1, 0.15) is 6.10 Å². The third-order valence-electron chi connectivity index (χ3n) is 7.67. The number of aliphatic hydroxyl groups excluding tert-OH is 2. The van der Waals surface area contributed by atoms with E-state index in [0.717, 1.165) is 18.2 Å². The zero-order valence-electron chi connectivity index (χ0n) is 20.6. The molecule has 1 amide bonds. The van der Waals surface area contributed by atoms with Crippen LogP contribution in [-0.4, -0.2) is 65.9 Å². The summed E-state index contributed by atoms with van der Waals surface area (Å²) in [6.45, 7) is 1.18. The lowest BCUT2D eigenvalue weighted by molar-refractivity contribution is -0.129. The standard InChI is InChI=1S/C26H30ClF2NO7S/c1-14(31)23(32)12-37-13-26(34)16-3-4-17(26)10-19(9-16)38(35,36)24-8-15(2-6-20(24)27)25(33)30-18-5-7-21(28)22(29)11-18/h2,5-8,11,14,16-17,19,23,31-32,34H,3-4,9-10,12-13H2,1H3,(H,30,33)/t14-,16?,17?,19?,23-,26?/m1/s1. The van der Waals surface area contributed by atoms with Crippen molar-refractivity contribution in [2.24, 2.45) is 11.8 Å². The number of ether oxygens (including phenoxy) is 1. The van der Waals surface area contributed by atoms with Crippen molar-refractivity contribution in [2.75, 3.05) is 18.5 Å². The Hall–Kier alpha value is -2.15. The van der Waals surface area contributed by atoms with Gasteiger partial charge >= 0.3 is 0 Å². The molecule has 2 fully saturated rings. The highest BCUT2D eigenvalue weighted by atomic mass is 35.5. The summed E-state index contributed by atoms with van der Waals surface area (Å²) < 4.78 is 59.5. The summed E-state index contributed by atoms with van der Waals surface area (Å²) >= 11 is 6.26. The van der Waals surface area contributed by atoms with Crippen molar-refractivity contribution >= 4 is 33.0 Å². The van der Waals surface area contributed by atoms with Gasteiger partial charge in [0.15, 0.2) is 21.5 Å². The summed E-state index contributed by atoms with van der Waals surface area (Å²) in [7, 11) is -4.00. The number of hydrogen-bond acceptors (Lipinski definition) is 7. The van der Waals surface area contributed by atoms with E-state index in [0.29, 0.717) is 12.8 Å². The second kappa shape index (κ2) is 11.1. The molecule has 2 bridgehead atoms. The molecule has 2 unspecified atom stereocenters. The number of amides is 1. The summed E-state index contributed by atoms with van der Waals surface area (Å²) in [6, 6.07) is 6.65. The van der Waals surface area contributed by atoms with Gasteiger partial charge in [0, 0.05) is 17.3 Å². The minimum atomic E-state index is -4.00. The van der Waals surface area contributed by atoms with Gasteiger partial charge in [0.25, 0.3) is 5.91 Å². The largest absolute Gasteiger partial charge is 0.391 e. The number of aliphatic hydroxyl groups is 3. The third-order valence-corrected chi connectivity index (χ3v) is 10.3. The lowest BCUT2D eigenvalue weighted by Crippen LogP contribution is -2.51. The second-order valence-corrected chi connectivity index (χ2v) is 12.8. The molecular formula is C26H30ClF2NO7S. The van der Waals surface area contributed by atoms with E-state index in [9.17, 15) is 37.3 Å². The average Bonchev–Trinajstić information content (AvgIpc) is 3.02. The summed E-state index contributed by atoms with van der Waals surface area (Å²) in [4.78, 5) is 12.5. The lowest BCUT2D eigenvalue weighted by atomic mass is 9.75. The summed E-state index contributed by atoms with van der Waals surface area (Å²) in [5.41, 5.74) is -1.28. The van der Waals surface area contributed by atoms with Gasteiger partial charge in [-0.1, -0.05) is 11.6 Å². The first-order chi connectivity index (χ1) is 17.8. The predicted molar refractivity (Wildman–Crippen MR) is 136 cm³/mol. The van der Waals surface area contributed by atoms with Gasteiger partial charge in [0.05, 0.1) is 40.1 Å². The highest BCUT2D eigenvalue weighted by Crippen LogP contribution is 2.52. The number of anilines is 1. The molecule has 4 N–H and O–H groups in total. The molecule has 12 heteroatoms. The van der Waals surface area contributed by atoms with Gasteiger partial charge in [-0.15, -0.1) is 0 Å². The van der Waals surface area contributed by atoms with Crippen LogP contribution in [0.2, 0.25) is 5.02 Å². The lowest BCUT2D eigenvalue weighted by Gasteiger charge is -2.42. The Morgan fingerprint density at radius 3 is 2.39 bits per heavy atom. The van der Waals surface area contributed by atoms with Gasteiger partial charge in [0.2, 0.25) is 0 Å². The van der Waals surface area contributed by atoms with Crippen molar-refractivity contribution in [1.82, 2.24) is 0 Å². The molecule has 0 spiro atoms. The Morgan fingerprint density at radius 1 is 1.13 bits per heavy atom. The number of carbonyl (C=O) groups excluding carboxylic acids is 1. The minimum Gasteiger partial charge on any atom is -0.391 e. The zero-order chi connectivity index (χ0) is 27.8. The maximum Gasteiger partial charge on any atom is 0.255 e. The van der Waals surface area contributed by atoms with Crippen LogP contribution in [0, 0.1) is 23.5 Å². The number of carbonyl (C=O) groups is 1. The highest BCUT2D eigenvalue weighted by molar-refractivity contribution is 7.92. The third kappa shape index (κ3) is 5.73. The van der Waals surface area contributed by atoms with Gasteiger partial charge in [-0.3, -0.25) is 4.79 Å². The van der Waals surface area contributed by atoms with Crippen LogP contribution in [0.1, 0.15) is 43.0 Å². The highest BCUT2D eigenvalue weighted by Gasteiger charge is 2.56. The maximum absolute atomic E-state index is 13.7. The molecule has 8 nitrogen and oxygen atoms in total. The number of rotatable bonds is 9. The number of fused-ring (bicyclic) bond motifs is 2. The van der Waals surface area contributed by atoms with Gasteiger partial charge in [-0.2, -0.15) is 0 Å². The van der Waals surface area contributed by atoms with Crippen LogP contribution in [0.25, 0.3) is 0 Å². The van der Waals surface area contributed by atoms with Crippen LogP contribution in [0.5, 0.6) is 0 Å². The SMILES string of the molecule is C[C@@H](O)[C@H](O)COCC1(O)C2CCC1CC(S(=O)(=O)c1cc(C(=O)Nc3ccc(F)c(F)c3)ccc1Cl)C2. The maximum atomic E-state index is 13.7. The smallest absolute Gasteiger partial charge is 0.255 e. The normalized spacial score (nSPS) is 26.7. The summed E-state index contributed by atoms with van der Waals surface area (Å²) in [6.07, 6.45) is -0.526. The van der Waals surface area contributed by atoms with Crippen molar-refractivity contribution in [3.05, 3.63) is 58.6 Å². The first kappa shape index (κ1) is 28.8. The van der Waals surface area contributed by atoms with E-state index in [1.807, 2.05) is 0 Å². The Labute approximate surface area is 224 Å². The van der Waals surface area contributed by atoms with Gasteiger partial charge in [-0.25, -0.2) is 17.2 Å². The van der Waals surface area contributed by atoms with Crippen LogP contribution >= 0.6 is 11.6 Å². The topological polar surface area (TPSA) is 133 Å².